The lowest BCUT2D eigenvalue weighted by atomic mass is 10.1. The number of pyridine rings is 1. The summed E-state index contributed by atoms with van der Waals surface area (Å²) >= 11 is 0. The van der Waals surface area contributed by atoms with Gasteiger partial charge in [-0.05, 0) is 31.9 Å². The van der Waals surface area contributed by atoms with Crippen LogP contribution in [0.2, 0.25) is 0 Å². The highest BCUT2D eigenvalue weighted by Crippen LogP contribution is 2.25. The molecule has 5 heteroatoms. The van der Waals surface area contributed by atoms with E-state index in [4.69, 9.17) is 0 Å². The lowest BCUT2D eigenvalue weighted by Gasteiger charge is -2.15. The molecular formula is C14H18N4O. The van der Waals surface area contributed by atoms with Crippen LogP contribution in [0.3, 0.4) is 0 Å². The van der Waals surface area contributed by atoms with E-state index in [0.717, 1.165) is 24.3 Å². The van der Waals surface area contributed by atoms with Crippen molar-refractivity contribution in [3.63, 3.8) is 0 Å². The lowest BCUT2D eigenvalue weighted by Crippen LogP contribution is -2.32. The molecule has 0 unspecified atom stereocenters. The molecule has 1 N–H and O–H groups in total. The third-order valence-corrected chi connectivity index (χ3v) is 3.81. The van der Waals surface area contributed by atoms with Crippen LogP contribution in [0.15, 0.2) is 24.4 Å². The average molecular weight is 258 g/mol. The van der Waals surface area contributed by atoms with Crippen molar-refractivity contribution in [3.8, 4) is 0 Å². The van der Waals surface area contributed by atoms with E-state index in [0.29, 0.717) is 0 Å². The van der Waals surface area contributed by atoms with Gasteiger partial charge in [0.15, 0.2) is 11.5 Å². The van der Waals surface area contributed by atoms with E-state index in [-0.39, 0.29) is 17.9 Å². The van der Waals surface area contributed by atoms with E-state index in [1.807, 2.05) is 35.7 Å². The van der Waals surface area contributed by atoms with Gasteiger partial charge < -0.3 is 5.32 Å². The number of amides is 1. The highest BCUT2D eigenvalue weighted by Gasteiger charge is 2.25. The number of carbonyl (C=O) groups is 1. The Morgan fingerprint density at radius 2 is 2.16 bits per heavy atom. The summed E-state index contributed by atoms with van der Waals surface area (Å²) in [5.74, 6) is 1.11. The zero-order chi connectivity index (χ0) is 13.2. The van der Waals surface area contributed by atoms with Crippen LogP contribution in [0.25, 0.3) is 5.65 Å². The smallest absolute Gasteiger partial charge is 0.223 e. The number of nitrogens with one attached hydrogen (secondary N) is 1. The van der Waals surface area contributed by atoms with E-state index in [2.05, 4.69) is 15.5 Å². The van der Waals surface area contributed by atoms with Crippen LogP contribution >= 0.6 is 0 Å². The van der Waals surface area contributed by atoms with Crippen molar-refractivity contribution in [2.24, 2.45) is 5.92 Å². The predicted molar refractivity (Wildman–Crippen MR) is 71.5 cm³/mol. The van der Waals surface area contributed by atoms with Crippen LogP contribution in [-0.2, 0) is 4.79 Å². The maximum Gasteiger partial charge on any atom is 0.223 e. The Kier molecular flexibility index (Phi) is 3.19. The summed E-state index contributed by atoms with van der Waals surface area (Å²) in [5, 5.41) is 11.3. The maximum atomic E-state index is 12.1. The van der Waals surface area contributed by atoms with Gasteiger partial charge in [0.05, 0.1) is 6.04 Å². The number of hydrogen-bond donors (Lipinski definition) is 1. The Labute approximate surface area is 112 Å². The number of carbonyl (C=O) groups excluding carboxylic acids is 1. The Morgan fingerprint density at radius 3 is 2.95 bits per heavy atom. The van der Waals surface area contributed by atoms with E-state index in [9.17, 15) is 4.79 Å². The molecule has 1 aliphatic rings. The summed E-state index contributed by atoms with van der Waals surface area (Å²) in [6.45, 7) is 1.95. The fourth-order valence-corrected chi connectivity index (χ4v) is 2.74. The number of aromatic nitrogens is 3. The molecule has 0 spiro atoms. The van der Waals surface area contributed by atoms with Crippen molar-refractivity contribution in [1.29, 1.82) is 0 Å². The first kappa shape index (κ1) is 12.1. The molecule has 0 saturated heterocycles. The zero-order valence-electron chi connectivity index (χ0n) is 11.0. The molecule has 0 bridgehead atoms. The van der Waals surface area contributed by atoms with Crippen LogP contribution in [-0.4, -0.2) is 20.5 Å². The number of hydrogen-bond acceptors (Lipinski definition) is 3. The second-order valence-corrected chi connectivity index (χ2v) is 5.20. The third kappa shape index (κ3) is 2.32. The van der Waals surface area contributed by atoms with Crippen LogP contribution in [0.1, 0.15) is 44.5 Å². The molecule has 1 fully saturated rings. The molecular weight excluding hydrogens is 240 g/mol. The highest BCUT2D eigenvalue weighted by atomic mass is 16.1. The van der Waals surface area contributed by atoms with Crippen LogP contribution in [0, 0.1) is 5.92 Å². The normalized spacial score (nSPS) is 17.7. The van der Waals surface area contributed by atoms with Gasteiger partial charge >= 0.3 is 0 Å². The largest absolute Gasteiger partial charge is 0.346 e. The summed E-state index contributed by atoms with van der Waals surface area (Å²) in [5.41, 5.74) is 0.805. The molecule has 2 aromatic heterocycles. The molecule has 19 heavy (non-hydrogen) atoms. The van der Waals surface area contributed by atoms with Crippen molar-refractivity contribution in [1.82, 2.24) is 19.9 Å². The Morgan fingerprint density at radius 1 is 1.37 bits per heavy atom. The van der Waals surface area contributed by atoms with E-state index < -0.39 is 0 Å². The number of nitrogens with zero attached hydrogens (tertiary/aromatic N) is 3. The van der Waals surface area contributed by atoms with Gasteiger partial charge in [0.2, 0.25) is 5.91 Å². The van der Waals surface area contributed by atoms with Gasteiger partial charge in [-0.1, -0.05) is 18.9 Å². The van der Waals surface area contributed by atoms with Gasteiger partial charge in [-0.15, -0.1) is 10.2 Å². The minimum Gasteiger partial charge on any atom is -0.346 e. The molecule has 1 amide bonds. The first-order chi connectivity index (χ1) is 9.25. The topological polar surface area (TPSA) is 59.3 Å². The molecule has 0 aliphatic heterocycles. The second kappa shape index (κ2) is 4.99. The molecule has 5 nitrogen and oxygen atoms in total. The Bertz CT molecular complexity index is 586. The van der Waals surface area contributed by atoms with Gasteiger partial charge in [0, 0.05) is 12.1 Å². The average Bonchev–Trinajstić information content (AvgIpc) is 3.08. The van der Waals surface area contributed by atoms with Crippen molar-refractivity contribution >= 4 is 11.6 Å². The Balaban J connectivity index is 1.76. The van der Waals surface area contributed by atoms with Crippen molar-refractivity contribution in [3.05, 3.63) is 30.2 Å². The van der Waals surface area contributed by atoms with Crippen molar-refractivity contribution in [2.75, 3.05) is 0 Å². The summed E-state index contributed by atoms with van der Waals surface area (Å²) in [6.07, 6.45) is 6.28. The molecule has 0 aromatic carbocycles. The van der Waals surface area contributed by atoms with Gasteiger partial charge in [0.25, 0.3) is 0 Å². The first-order valence-corrected chi connectivity index (χ1v) is 6.86. The number of rotatable bonds is 3. The summed E-state index contributed by atoms with van der Waals surface area (Å²) < 4.78 is 1.92. The molecule has 3 rings (SSSR count). The summed E-state index contributed by atoms with van der Waals surface area (Å²) in [4.78, 5) is 12.1. The van der Waals surface area contributed by atoms with E-state index in [1.165, 1.54) is 12.8 Å². The van der Waals surface area contributed by atoms with E-state index in [1.54, 1.807) is 0 Å². The third-order valence-electron chi connectivity index (χ3n) is 3.81. The molecule has 1 atom stereocenters. The number of fused-ring (bicyclic) bond motifs is 1. The molecule has 0 radical (unpaired) electrons. The lowest BCUT2D eigenvalue weighted by molar-refractivity contribution is -0.125. The van der Waals surface area contributed by atoms with Crippen molar-refractivity contribution in [2.45, 2.75) is 38.6 Å². The highest BCUT2D eigenvalue weighted by molar-refractivity contribution is 5.79. The summed E-state index contributed by atoms with van der Waals surface area (Å²) in [7, 11) is 0. The molecule has 1 aliphatic carbocycles. The predicted octanol–water partition coefficient (Wildman–Crippen LogP) is 2.10. The summed E-state index contributed by atoms with van der Waals surface area (Å²) in [6, 6.07) is 5.65. The fraction of sp³-hybridized carbons (Fsp3) is 0.500. The molecule has 100 valence electrons. The first-order valence-electron chi connectivity index (χ1n) is 6.86. The minimum atomic E-state index is -0.120. The van der Waals surface area contributed by atoms with Gasteiger partial charge in [-0.2, -0.15) is 0 Å². The van der Waals surface area contributed by atoms with Crippen LogP contribution < -0.4 is 5.32 Å². The van der Waals surface area contributed by atoms with Crippen LogP contribution in [0.5, 0.6) is 0 Å². The second-order valence-electron chi connectivity index (χ2n) is 5.20. The van der Waals surface area contributed by atoms with Gasteiger partial charge in [-0.3, -0.25) is 9.20 Å². The maximum absolute atomic E-state index is 12.1. The van der Waals surface area contributed by atoms with E-state index >= 15 is 0 Å². The Hall–Kier alpha value is -1.91. The SMILES string of the molecule is C[C@@H](NC(=O)C1CCCC1)c1nnc2ccccn12. The molecule has 1 saturated carbocycles. The standard InChI is InChI=1S/C14H18N4O/c1-10(15-14(19)11-6-2-3-7-11)13-17-16-12-8-4-5-9-18(12)13/h4-5,8-11H,2-3,6-7H2,1H3,(H,15,19)/t10-/m1/s1. The quantitative estimate of drug-likeness (QED) is 0.917. The minimum absolute atomic E-state index is 0.120. The van der Waals surface area contributed by atoms with Gasteiger partial charge in [0.1, 0.15) is 0 Å². The zero-order valence-corrected chi connectivity index (χ0v) is 11.0. The molecule has 2 heterocycles. The monoisotopic (exact) mass is 258 g/mol. The molecule has 2 aromatic rings. The fourth-order valence-electron chi connectivity index (χ4n) is 2.74. The van der Waals surface area contributed by atoms with Crippen molar-refractivity contribution < 1.29 is 4.79 Å². The van der Waals surface area contributed by atoms with Gasteiger partial charge in [-0.25, -0.2) is 0 Å². The van der Waals surface area contributed by atoms with Crippen LogP contribution in [0.4, 0.5) is 0 Å².